The van der Waals surface area contributed by atoms with Crippen LogP contribution >= 0.6 is 12.2 Å². The largest absolute Gasteiger partial charge is 0.329 e. The molecule has 8 nitrogen and oxygen atoms in total. The van der Waals surface area contributed by atoms with Crippen LogP contribution in [-0.2, 0) is 26.2 Å². The zero-order valence-corrected chi connectivity index (χ0v) is 22.3. The quantitative estimate of drug-likeness (QED) is 0.206. The van der Waals surface area contributed by atoms with Gasteiger partial charge in [-0.1, -0.05) is 24.3 Å². The van der Waals surface area contributed by atoms with Gasteiger partial charge in [-0.2, -0.15) is 0 Å². The summed E-state index contributed by atoms with van der Waals surface area (Å²) >= 11 is 4.60. The normalized spacial score (nSPS) is 10.5. The number of hydrogen-bond donors (Lipinski definition) is 1. The molecule has 0 saturated carbocycles. The zero-order chi connectivity index (χ0) is 26.7. The highest BCUT2D eigenvalue weighted by molar-refractivity contribution is 7.78. The van der Waals surface area contributed by atoms with E-state index in [9.17, 15) is 0 Å². The third kappa shape index (κ3) is 11.6. The molecule has 0 radical (unpaired) electrons. The number of hydrogen-bond acceptors (Lipinski definition) is 9. The molecular formula is C29H34N8S. The third-order valence-corrected chi connectivity index (χ3v) is 5.61. The predicted molar refractivity (Wildman–Crippen MR) is 154 cm³/mol. The molecule has 4 heterocycles. The number of isothiocyanates is 1. The molecule has 0 aliphatic rings. The highest BCUT2D eigenvalue weighted by Gasteiger charge is 2.09. The summed E-state index contributed by atoms with van der Waals surface area (Å²) in [4.78, 5) is 25.9. The van der Waals surface area contributed by atoms with Crippen molar-refractivity contribution in [3.63, 3.8) is 0 Å². The van der Waals surface area contributed by atoms with Crippen LogP contribution in [0, 0.1) is 0 Å². The Morgan fingerprint density at radius 1 is 0.605 bits per heavy atom. The molecule has 0 amide bonds. The summed E-state index contributed by atoms with van der Waals surface area (Å²) in [5.74, 6) is 0. The Balaban J connectivity index is 0.000000212. The van der Waals surface area contributed by atoms with E-state index in [0.29, 0.717) is 13.1 Å². The minimum absolute atomic E-state index is 0.639. The van der Waals surface area contributed by atoms with Crippen molar-refractivity contribution in [2.75, 3.05) is 26.2 Å². The molecule has 0 saturated heterocycles. The molecule has 0 aromatic carbocycles. The van der Waals surface area contributed by atoms with Crippen LogP contribution in [0.5, 0.6) is 0 Å². The van der Waals surface area contributed by atoms with Gasteiger partial charge in [0.25, 0.3) is 0 Å². The van der Waals surface area contributed by atoms with Crippen LogP contribution in [0.3, 0.4) is 0 Å². The molecule has 0 bridgehead atoms. The van der Waals surface area contributed by atoms with Crippen LogP contribution in [0.15, 0.2) is 103 Å². The molecule has 9 heteroatoms. The second kappa shape index (κ2) is 17.7. The predicted octanol–water partition coefficient (Wildman–Crippen LogP) is 4.02. The van der Waals surface area contributed by atoms with Gasteiger partial charge in [0.2, 0.25) is 0 Å². The second-order valence-corrected chi connectivity index (χ2v) is 8.65. The van der Waals surface area contributed by atoms with Crippen molar-refractivity contribution in [3.8, 4) is 0 Å². The zero-order valence-electron chi connectivity index (χ0n) is 21.5. The molecule has 196 valence electrons. The Bertz CT molecular complexity index is 1110. The molecule has 2 N–H and O–H groups in total. The molecule has 0 fully saturated rings. The third-order valence-electron chi connectivity index (χ3n) is 5.48. The van der Waals surface area contributed by atoms with E-state index in [1.54, 1.807) is 0 Å². The standard InChI is InChI=1S/C15H16N4S.C14H18N4/c20-13-16-9-10-19(11-14-5-1-3-7-17-14)12-15-6-2-4-8-18-15;15-7-10-18(11-13-5-1-3-8-16-13)12-14-6-2-4-9-17-14/h1-8H,9-12H2;1-6,8-9H,7,10-12,15H2. The van der Waals surface area contributed by atoms with Crippen molar-refractivity contribution < 1.29 is 0 Å². The maximum atomic E-state index is 5.65. The van der Waals surface area contributed by atoms with Gasteiger partial charge in [-0.15, -0.1) is 0 Å². The number of rotatable bonds is 13. The minimum Gasteiger partial charge on any atom is -0.329 e. The molecular weight excluding hydrogens is 492 g/mol. The Morgan fingerprint density at radius 3 is 1.26 bits per heavy atom. The highest BCUT2D eigenvalue weighted by Crippen LogP contribution is 2.07. The van der Waals surface area contributed by atoms with E-state index in [1.807, 2.05) is 97.6 Å². The SMILES string of the molecule is NCCN(Cc1ccccn1)Cc1ccccn1.S=C=NCCN(Cc1ccccn1)Cc1ccccn1. The Hall–Kier alpha value is -3.72. The fourth-order valence-electron chi connectivity index (χ4n) is 3.73. The minimum atomic E-state index is 0.639. The summed E-state index contributed by atoms with van der Waals surface area (Å²) < 4.78 is 0. The van der Waals surface area contributed by atoms with Crippen LogP contribution in [0.25, 0.3) is 0 Å². The van der Waals surface area contributed by atoms with E-state index in [1.165, 1.54) is 0 Å². The van der Waals surface area contributed by atoms with Crippen LogP contribution in [0.1, 0.15) is 22.8 Å². The van der Waals surface area contributed by atoms with Gasteiger partial charge in [-0.05, 0) is 60.7 Å². The summed E-state index contributed by atoms with van der Waals surface area (Å²) in [5, 5.41) is 2.40. The number of aliphatic imine (C=N–C) groups is 1. The lowest BCUT2D eigenvalue weighted by Crippen LogP contribution is -2.29. The van der Waals surface area contributed by atoms with Crippen molar-refractivity contribution in [1.29, 1.82) is 0 Å². The van der Waals surface area contributed by atoms with Crippen LogP contribution in [0.4, 0.5) is 0 Å². The summed E-state index contributed by atoms with van der Waals surface area (Å²) in [6.07, 6.45) is 7.25. The van der Waals surface area contributed by atoms with Gasteiger partial charge in [-0.25, -0.2) is 4.99 Å². The van der Waals surface area contributed by atoms with Gasteiger partial charge >= 0.3 is 0 Å². The molecule has 4 aromatic rings. The summed E-state index contributed by atoms with van der Waals surface area (Å²) in [7, 11) is 0. The van der Waals surface area contributed by atoms with Crippen molar-refractivity contribution in [2.24, 2.45) is 10.7 Å². The number of pyridine rings is 4. The lowest BCUT2D eigenvalue weighted by Gasteiger charge is -2.20. The van der Waals surface area contributed by atoms with E-state index in [2.05, 4.69) is 52.1 Å². The molecule has 0 aliphatic carbocycles. The van der Waals surface area contributed by atoms with E-state index in [-0.39, 0.29) is 0 Å². The van der Waals surface area contributed by atoms with E-state index in [0.717, 1.165) is 62.0 Å². The fourth-order valence-corrected chi connectivity index (χ4v) is 3.82. The maximum Gasteiger partial charge on any atom is 0.0620 e. The van der Waals surface area contributed by atoms with E-state index < -0.39 is 0 Å². The van der Waals surface area contributed by atoms with Crippen LogP contribution in [0.2, 0.25) is 0 Å². The monoisotopic (exact) mass is 526 g/mol. The topological polar surface area (TPSA) is 96.4 Å². The fraction of sp³-hybridized carbons (Fsp3) is 0.276. The summed E-state index contributed by atoms with van der Waals surface area (Å²) in [6, 6.07) is 23.8. The van der Waals surface area contributed by atoms with Gasteiger partial charge < -0.3 is 5.73 Å². The Kier molecular flexibility index (Phi) is 13.4. The first-order valence-corrected chi connectivity index (χ1v) is 13.0. The lowest BCUT2D eigenvalue weighted by molar-refractivity contribution is 0.258. The number of thiocarbonyl (C=S) groups is 1. The van der Waals surface area contributed by atoms with Crippen LogP contribution < -0.4 is 5.73 Å². The maximum absolute atomic E-state index is 5.65. The van der Waals surface area contributed by atoms with Crippen molar-refractivity contribution in [2.45, 2.75) is 26.2 Å². The van der Waals surface area contributed by atoms with Gasteiger partial charge in [0, 0.05) is 70.6 Å². The van der Waals surface area contributed by atoms with Gasteiger partial charge in [-0.3, -0.25) is 29.7 Å². The second-order valence-electron chi connectivity index (χ2n) is 8.47. The van der Waals surface area contributed by atoms with E-state index >= 15 is 0 Å². The number of nitrogens with two attached hydrogens (primary N) is 1. The molecule has 4 aromatic heterocycles. The van der Waals surface area contributed by atoms with Crippen molar-refractivity contribution in [3.05, 3.63) is 120 Å². The lowest BCUT2D eigenvalue weighted by atomic mass is 10.3. The van der Waals surface area contributed by atoms with Gasteiger partial charge in [0.15, 0.2) is 0 Å². The number of aromatic nitrogens is 4. The first-order chi connectivity index (χ1) is 18.8. The average Bonchev–Trinajstić information content (AvgIpc) is 2.96. The Labute approximate surface area is 230 Å². The summed E-state index contributed by atoms with van der Waals surface area (Å²) in [6.45, 7) is 6.06. The molecule has 0 atom stereocenters. The average molecular weight is 527 g/mol. The molecule has 0 unspecified atom stereocenters. The van der Waals surface area contributed by atoms with Gasteiger partial charge in [0.05, 0.1) is 34.5 Å². The molecule has 0 spiro atoms. The first-order valence-electron chi connectivity index (χ1n) is 12.5. The van der Waals surface area contributed by atoms with Gasteiger partial charge in [0.1, 0.15) is 0 Å². The molecule has 0 aliphatic heterocycles. The van der Waals surface area contributed by atoms with E-state index in [4.69, 9.17) is 5.73 Å². The van der Waals surface area contributed by atoms with Crippen LogP contribution in [-0.4, -0.2) is 61.1 Å². The smallest absolute Gasteiger partial charge is 0.0620 e. The molecule has 4 rings (SSSR count). The Morgan fingerprint density at radius 2 is 0.974 bits per heavy atom. The molecule has 38 heavy (non-hydrogen) atoms. The number of nitrogens with zero attached hydrogens (tertiary/aromatic N) is 7. The van der Waals surface area contributed by atoms with Crippen molar-refractivity contribution >= 4 is 17.4 Å². The van der Waals surface area contributed by atoms with Crippen molar-refractivity contribution in [1.82, 2.24) is 29.7 Å². The summed E-state index contributed by atoms with van der Waals surface area (Å²) in [5.41, 5.74) is 9.84. The highest BCUT2D eigenvalue weighted by atomic mass is 32.1. The first kappa shape index (κ1) is 28.8.